The minimum Gasteiger partial charge on any atom is -0.454 e. The lowest BCUT2D eigenvalue weighted by molar-refractivity contribution is 0.666. The van der Waals surface area contributed by atoms with Crippen molar-refractivity contribution in [1.82, 2.24) is 14.0 Å². The molecule has 0 bridgehead atoms. The molecule has 0 amide bonds. The lowest BCUT2D eigenvalue weighted by Gasteiger charge is -2.06. The van der Waals surface area contributed by atoms with Crippen molar-refractivity contribution in [2.75, 3.05) is 0 Å². The van der Waals surface area contributed by atoms with E-state index in [4.69, 9.17) is 21.0 Å². The third-order valence-corrected chi connectivity index (χ3v) is 6.10. The monoisotopic (exact) mass is 407 g/mol. The Morgan fingerprint density at radius 1 is 0.733 bits per heavy atom. The zero-order valence-electron chi connectivity index (χ0n) is 15.7. The first-order chi connectivity index (χ1) is 14.8. The molecule has 5 heteroatoms. The second-order valence-electron chi connectivity index (χ2n) is 7.43. The van der Waals surface area contributed by atoms with E-state index in [0.717, 1.165) is 55.5 Å². The fraction of sp³-hybridized carbons (Fsp3) is 0. The Kier molecular flexibility index (Phi) is 3.03. The van der Waals surface area contributed by atoms with Gasteiger partial charge in [-0.15, -0.1) is 0 Å². The van der Waals surface area contributed by atoms with Crippen LogP contribution in [-0.2, 0) is 0 Å². The Hall–Kier alpha value is -3.76. The van der Waals surface area contributed by atoms with Crippen LogP contribution in [0.3, 0.4) is 0 Å². The molecule has 7 aromatic rings. The number of hydrogen-bond donors (Lipinski definition) is 0. The number of nitrogens with zero attached hydrogens (tertiary/aromatic N) is 3. The molecular weight excluding hydrogens is 394 g/mol. The van der Waals surface area contributed by atoms with Crippen molar-refractivity contribution >= 4 is 61.4 Å². The summed E-state index contributed by atoms with van der Waals surface area (Å²) in [5.41, 5.74) is 6.55. The summed E-state index contributed by atoms with van der Waals surface area (Å²) in [6, 6.07) is 28.5. The largest absolute Gasteiger partial charge is 0.454 e. The molecule has 7 rings (SSSR count). The van der Waals surface area contributed by atoms with Crippen LogP contribution >= 0.6 is 11.6 Å². The molecule has 0 atom stereocenters. The zero-order valence-corrected chi connectivity index (χ0v) is 16.5. The zero-order chi connectivity index (χ0) is 19.8. The van der Waals surface area contributed by atoms with Crippen LogP contribution < -0.4 is 0 Å². The van der Waals surface area contributed by atoms with Gasteiger partial charge >= 0.3 is 0 Å². The molecule has 0 aliphatic carbocycles. The Balaban J connectivity index is 1.73. The minimum absolute atomic E-state index is 0.691. The Bertz CT molecular complexity index is 1770. The molecule has 0 N–H and O–H groups in total. The SMILES string of the molecule is Clc1cccc2c1n1c3ccccc3nc1n2-c1cccc2c1oc1ccccc12. The molecule has 142 valence electrons. The van der Waals surface area contributed by atoms with Gasteiger partial charge in [0.1, 0.15) is 5.58 Å². The van der Waals surface area contributed by atoms with Crippen molar-refractivity contribution < 1.29 is 4.42 Å². The highest BCUT2D eigenvalue weighted by atomic mass is 35.5. The molecule has 0 radical (unpaired) electrons. The van der Waals surface area contributed by atoms with Crippen molar-refractivity contribution in [2.45, 2.75) is 0 Å². The van der Waals surface area contributed by atoms with Crippen molar-refractivity contribution in [3.63, 3.8) is 0 Å². The van der Waals surface area contributed by atoms with Crippen molar-refractivity contribution in [1.29, 1.82) is 0 Å². The number of rotatable bonds is 1. The molecule has 4 aromatic carbocycles. The first kappa shape index (κ1) is 16.1. The van der Waals surface area contributed by atoms with Gasteiger partial charge in [-0.25, -0.2) is 4.98 Å². The third kappa shape index (κ3) is 1.94. The fourth-order valence-electron chi connectivity index (χ4n) is 4.54. The molecule has 0 saturated carbocycles. The molecule has 0 fully saturated rings. The van der Waals surface area contributed by atoms with Crippen LogP contribution in [0.1, 0.15) is 0 Å². The number of hydrogen-bond acceptors (Lipinski definition) is 2. The predicted molar refractivity (Wildman–Crippen MR) is 122 cm³/mol. The molecule has 0 aliphatic heterocycles. The first-order valence-corrected chi connectivity index (χ1v) is 10.2. The minimum atomic E-state index is 0.691. The van der Waals surface area contributed by atoms with Gasteiger partial charge in [0.05, 0.1) is 32.8 Å². The van der Waals surface area contributed by atoms with Crippen LogP contribution in [0.5, 0.6) is 0 Å². The Morgan fingerprint density at radius 2 is 1.50 bits per heavy atom. The number of fused-ring (bicyclic) bond motifs is 8. The van der Waals surface area contributed by atoms with Gasteiger partial charge in [0, 0.05) is 10.8 Å². The maximum Gasteiger partial charge on any atom is 0.220 e. The average molecular weight is 408 g/mol. The number of halogens is 1. The van der Waals surface area contributed by atoms with E-state index >= 15 is 0 Å². The maximum atomic E-state index is 6.69. The van der Waals surface area contributed by atoms with E-state index < -0.39 is 0 Å². The quantitative estimate of drug-likeness (QED) is 0.294. The molecule has 30 heavy (non-hydrogen) atoms. The van der Waals surface area contributed by atoms with Crippen molar-refractivity contribution in [2.24, 2.45) is 0 Å². The molecule has 0 spiro atoms. The van der Waals surface area contributed by atoms with Crippen molar-refractivity contribution in [3.05, 3.63) is 90.0 Å². The standard InChI is InChI=1S/C25H14ClN3O/c26-17-9-6-12-20-23(17)29-19-11-3-2-10-18(19)27-25(29)28(20)21-13-5-8-16-15-7-1-4-14-22(15)30-24(16)21/h1-14H. The highest BCUT2D eigenvalue weighted by Crippen LogP contribution is 2.37. The van der Waals surface area contributed by atoms with Crippen molar-refractivity contribution in [3.8, 4) is 5.69 Å². The van der Waals surface area contributed by atoms with Crippen LogP contribution in [-0.4, -0.2) is 14.0 Å². The van der Waals surface area contributed by atoms with Gasteiger partial charge in [0.15, 0.2) is 5.58 Å². The first-order valence-electron chi connectivity index (χ1n) is 9.78. The summed E-state index contributed by atoms with van der Waals surface area (Å²) in [4.78, 5) is 4.96. The molecule has 0 saturated heterocycles. The van der Waals surface area contributed by atoms with Crippen LogP contribution in [0.25, 0.3) is 55.5 Å². The van der Waals surface area contributed by atoms with E-state index in [0.29, 0.717) is 5.02 Å². The van der Waals surface area contributed by atoms with E-state index in [2.05, 4.69) is 45.4 Å². The van der Waals surface area contributed by atoms with E-state index in [1.165, 1.54) is 0 Å². The Morgan fingerprint density at radius 3 is 2.47 bits per heavy atom. The molecule has 4 nitrogen and oxygen atoms in total. The van der Waals surface area contributed by atoms with E-state index in [-0.39, 0.29) is 0 Å². The fourth-order valence-corrected chi connectivity index (χ4v) is 4.80. The molecule has 3 heterocycles. The van der Waals surface area contributed by atoms with Gasteiger partial charge < -0.3 is 4.42 Å². The van der Waals surface area contributed by atoms with Gasteiger partial charge in [-0.2, -0.15) is 0 Å². The van der Waals surface area contributed by atoms with Crippen LogP contribution in [0.4, 0.5) is 0 Å². The van der Waals surface area contributed by atoms with Gasteiger partial charge in [-0.05, 0) is 36.4 Å². The number of para-hydroxylation sites is 5. The predicted octanol–water partition coefficient (Wildman–Crippen LogP) is 6.98. The van der Waals surface area contributed by atoms with Crippen LogP contribution in [0.15, 0.2) is 89.3 Å². The number of imidazole rings is 2. The number of benzene rings is 4. The molecule has 0 unspecified atom stereocenters. The average Bonchev–Trinajstić information content (AvgIpc) is 3.42. The summed E-state index contributed by atoms with van der Waals surface area (Å²) in [6.45, 7) is 0. The summed E-state index contributed by atoms with van der Waals surface area (Å²) in [5.74, 6) is 0.812. The third-order valence-electron chi connectivity index (χ3n) is 5.80. The highest BCUT2D eigenvalue weighted by Gasteiger charge is 2.21. The molecular formula is C25H14ClN3O. The topological polar surface area (TPSA) is 35.4 Å². The van der Waals surface area contributed by atoms with E-state index in [1.54, 1.807) is 0 Å². The molecule has 0 aliphatic rings. The van der Waals surface area contributed by atoms with E-state index in [1.807, 2.05) is 48.5 Å². The number of furan rings is 1. The van der Waals surface area contributed by atoms with E-state index in [9.17, 15) is 0 Å². The van der Waals surface area contributed by atoms with Gasteiger partial charge in [0.25, 0.3) is 0 Å². The lowest BCUT2D eigenvalue weighted by Crippen LogP contribution is -1.95. The van der Waals surface area contributed by atoms with Gasteiger partial charge in [-0.1, -0.05) is 60.1 Å². The van der Waals surface area contributed by atoms with Crippen LogP contribution in [0.2, 0.25) is 5.02 Å². The normalized spacial score (nSPS) is 12.2. The van der Waals surface area contributed by atoms with Gasteiger partial charge in [-0.3, -0.25) is 8.97 Å². The van der Waals surface area contributed by atoms with Crippen LogP contribution in [0, 0.1) is 0 Å². The summed E-state index contributed by atoms with van der Waals surface area (Å²) >= 11 is 6.69. The maximum absolute atomic E-state index is 6.69. The second kappa shape index (κ2) is 5.65. The summed E-state index contributed by atoms with van der Waals surface area (Å²) in [5, 5.41) is 2.88. The summed E-state index contributed by atoms with van der Waals surface area (Å²) < 4.78 is 10.6. The summed E-state index contributed by atoms with van der Waals surface area (Å²) in [6.07, 6.45) is 0. The Labute approximate surface area is 175 Å². The molecule has 3 aromatic heterocycles. The second-order valence-corrected chi connectivity index (χ2v) is 7.84. The smallest absolute Gasteiger partial charge is 0.220 e. The summed E-state index contributed by atoms with van der Waals surface area (Å²) in [7, 11) is 0. The number of aromatic nitrogens is 3. The van der Waals surface area contributed by atoms with Gasteiger partial charge in [0.2, 0.25) is 5.78 Å². The lowest BCUT2D eigenvalue weighted by atomic mass is 10.1. The highest BCUT2D eigenvalue weighted by molar-refractivity contribution is 6.35.